The Balaban J connectivity index is 2.06. The monoisotopic (exact) mass is 329 g/mol. The van der Waals surface area contributed by atoms with E-state index in [1.807, 2.05) is 59.5 Å². The number of ether oxygens (including phenoxy) is 1. The van der Waals surface area contributed by atoms with E-state index in [-0.39, 0.29) is 6.09 Å². The summed E-state index contributed by atoms with van der Waals surface area (Å²) in [5.74, 6) is 0. The molecule has 0 atom stereocenters. The predicted molar refractivity (Wildman–Crippen MR) is 97.3 cm³/mol. The van der Waals surface area contributed by atoms with Crippen LogP contribution in [0.25, 0.3) is 0 Å². The average Bonchev–Trinajstić information content (AvgIpc) is 3.12. The highest BCUT2D eigenvalue weighted by atomic mass is 16.6. The van der Waals surface area contributed by atoms with E-state index in [9.17, 15) is 4.79 Å². The highest BCUT2D eigenvalue weighted by Crippen LogP contribution is 2.43. The van der Waals surface area contributed by atoms with Crippen LogP contribution in [0.2, 0.25) is 0 Å². The van der Waals surface area contributed by atoms with E-state index in [2.05, 4.69) is 36.4 Å². The van der Waals surface area contributed by atoms with Crippen molar-refractivity contribution in [2.75, 3.05) is 13.2 Å². The van der Waals surface area contributed by atoms with Crippen LogP contribution >= 0.6 is 0 Å². The molecule has 3 aromatic carbocycles. The van der Waals surface area contributed by atoms with Crippen LogP contribution in [0.3, 0.4) is 0 Å². The number of carbonyl (C=O) groups is 1. The van der Waals surface area contributed by atoms with Crippen LogP contribution in [0.1, 0.15) is 16.7 Å². The molecule has 25 heavy (non-hydrogen) atoms. The quantitative estimate of drug-likeness (QED) is 0.663. The van der Waals surface area contributed by atoms with Crippen molar-refractivity contribution < 1.29 is 9.53 Å². The lowest BCUT2D eigenvalue weighted by Gasteiger charge is -2.42. The van der Waals surface area contributed by atoms with Crippen molar-refractivity contribution in [2.24, 2.45) is 0 Å². The first-order valence-corrected chi connectivity index (χ1v) is 8.44. The van der Waals surface area contributed by atoms with Crippen LogP contribution in [0.15, 0.2) is 91.0 Å². The van der Waals surface area contributed by atoms with Gasteiger partial charge in [-0.3, -0.25) is 4.90 Å². The first-order valence-electron chi connectivity index (χ1n) is 8.44. The molecule has 1 amide bonds. The fourth-order valence-corrected chi connectivity index (χ4v) is 3.70. The molecule has 0 unspecified atom stereocenters. The van der Waals surface area contributed by atoms with Gasteiger partial charge in [-0.25, -0.2) is 4.79 Å². The standard InChI is InChI=1S/C22H19NO2/c24-21-23(16-17-25-21)22(18-10-4-1-5-11-18,19-12-6-2-7-13-19)20-14-8-3-9-15-20/h1-15H,16-17H2. The van der Waals surface area contributed by atoms with E-state index >= 15 is 0 Å². The number of nitrogens with zero attached hydrogens (tertiary/aromatic N) is 1. The van der Waals surface area contributed by atoms with Gasteiger partial charge in [0.2, 0.25) is 0 Å². The molecule has 0 spiro atoms. The lowest BCUT2D eigenvalue weighted by molar-refractivity contribution is 0.138. The summed E-state index contributed by atoms with van der Waals surface area (Å²) in [6.45, 7) is 0.963. The molecule has 0 bridgehead atoms. The van der Waals surface area contributed by atoms with Gasteiger partial charge in [0.05, 0.1) is 6.54 Å². The minimum Gasteiger partial charge on any atom is -0.447 e. The first kappa shape index (κ1) is 15.5. The molecular formula is C22H19NO2. The van der Waals surface area contributed by atoms with Gasteiger partial charge in [-0.1, -0.05) is 91.0 Å². The van der Waals surface area contributed by atoms with Gasteiger partial charge in [0.1, 0.15) is 12.1 Å². The number of benzene rings is 3. The minimum absolute atomic E-state index is 0.281. The van der Waals surface area contributed by atoms with Gasteiger partial charge >= 0.3 is 6.09 Å². The first-order chi connectivity index (χ1) is 12.3. The van der Waals surface area contributed by atoms with Crippen molar-refractivity contribution in [3.8, 4) is 0 Å². The van der Waals surface area contributed by atoms with Crippen LogP contribution in [0, 0.1) is 0 Å². The molecule has 0 aliphatic carbocycles. The van der Waals surface area contributed by atoms with Crippen LogP contribution in [-0.4, -0.2) is 24.1 Å². The van der Waals surface area contributed by atoms with E-state index in [4.69, 9.17) is 4.74 Å². The molecule has 4 rings (SSSR count). The molecule has 1 saturated heterocycles. The molecule has 3 nitrogen and oxygen atoms in total. The molecule has 124 valence electrons. The van der Waals surface area contributed by atoms with Crippen molar-refractivity contribution in [1.82, 2.24) is 4.90 Å². The number of carbonyl (C=O) groups excluding carboxylic acids is 1. The van der Waals surface area contributed by atoms with Gasteiger partial charge in [-0.05, 0) is 16.7 Å². The second-order valence-corrected chi connectivity index (χ2v) is 6.07. The molecular weight excluding hydrogens is 310 g/mol. The molecule has 1 aliphatic rings. The topological polar surface area (TPSA) is 29.5 Å². The van der Waals surface area contributed by atoms with Crippen molar-refractivity contribution in [3.05, 3.63) is 108 Å². The maximum Gasteiger partial charge on any atom is 0.411 e. The summed E-state index contributed by atoms with van der Waals surface area (Å²) < 4.78 is 5.32. The van der Waals surface area contributed by atoms with E-state index < -0.39 is 5.54 Å². The summed E-state index contributed by atoms with van der Waals surface area (Å²) in [7, 11) is 0. The zero-order valence-corrected chi connectivity index (χ0v) is 13.8. The molecule has 0 saturated carbocycles. The fraction of sp³-hybridized carbons (Fsp3) is 0.136. The molecule has 3 aromatic rings. The van der Waals surface area contributed by atoms with Crippen molar-refractivity contribution in [1.29, 1.82) is 0 Å². The van der Waals surface area contributed by atoms with Gasteiger partial charge in [0.25, 0.3) is 0 Å². The van der Waals surface area contributed by atoms with E-state index in [1.165, 1.54) is 0 Å². The van der Waals surface area contributed by atoms with E-state index in [0.717, 1.165) is 16.7 Å². The second kappa shape index (κ2) is 6.44. The zero-order valence-electron chi connectivity index (χ0n) is 13.8. The normalized spacial score (nSPS) is 14.4. The van der Waals surface area contributed by atoms with Gasteiger partial charge in [0, 0.05) is 0 Å². The maximum atomic E-state index is 12.6. The van der Waals surface area contributed by atoms with Crippen LogP contribution < -0.4 is 0 Å². The largest absolute Gasteiger partial charge is 0.447 e. The predicted octanol–water partition coefficient (Wildman–Crippen LogP) is 4.43. The number of hydrogen-bond acceptors (Lipinski definition) is 2. The SMILES string of the molecule is O=C1OCCN1C(c1ccccc1)(c1ccccc1)c1ccccc1. The Morgan fingerprint density at radius 3 is 1.40 bits per heavy atom. The van der Waals surface area contributed by atoms with Gasteiger partial charge in [-0.15, -0.1) is 0 Å². The van der Waals surface area contributed by atoms with Crippen molar-refractivity contribution in [2.45, 2.75) is 5.54 Å². The number of hydrogen-bond donors (Lipinski definition) is 0. The summed E-state index contributed by atoms with van der Waals surface area (Å²) in [4.78, 5) is 14.5. The summed E-state index contributed by atoms with van der Waals surface area (Å²) in [6.07, 6.45) is -0.281. The second-order valence-electron chi connectivity index (χ2n) is 6.07. The third kappa shape index (κ3) is 2.49. The molecule has 3 heteroatoms. The average molecular weight is 329 g/mol. The Morgan fingerprint density at radius 1 is 0.680 bits per heavy atom. The molecule has 1 fully saturated rings. The lowest BCUT2D eigenvalue weighted by Crippen LogP contribution is -2.48. The van der Waals surface area contributed by atoms with Crippen LogP contribution in [0.5, 0.6) is 0 Å². The molecule has 1 aliphatic heterocycles. The Morgan fingerprint density at radius 2 is 1.08 bits per heavy atom. The van der Waals surface area contributed by atoms with E-state index in [1.54, 1.807) is 0 Å². The van der Waals surface area contributed by atoms with Crippen molar-refractivity contribution >= 4 is 6.09 Å². The third-order valence-electron chi connectivity index (χ3n) is 4.74. The molecule has 0 aromatic heterocycles. The Kier molecular flexibility index (Phi) is 3.98. The summed E-state index contributed by atoms with van der Waals surface area (Å²) in [5.41, 5.74) is 2.43. The van der Waals surface area contributed by atoms with E-state index in [0.29, 0.717) is 13.2 Å². The number of rotatable bonds is 4. The molecule has 0 radical (unpaired) electrons. The minimum atomic E-state index is -0.711. The number of cyclic esters (lactones) is 1. The molecule has 1 heterocycles. The fourth-order valence-electron chi connectivity index (χ4n) is 3.70. The molecule has 0 N–H and O–H groups in total. The summed E-state index contributed by atoms with van der Waals surface area (Å²) in [5, 5.41) is 0. The van der Waals surface area contributed by atoms with Gasteiger partial charge in [0.15, 0.2) is 0 Å². The lowest BCUT2D eigenvalue weighted by atomic mass is 9.75. The van der Waals surface area contributed by atoms with Crippen LogP contribution in [0.4, 0.5) is 4.79 Å². The van der Waals surface area contributed by atoms with Gasteiger partial charge < -0.3 is 4.74 Å². The Bertz CT molecular complexity index is 750. The van der Waals surface area contributed by atoms with Crippen LogP contribution in [-0.2, 0) is 10.3 Å². The Hall–Kier alpha value is -3.07. The highest BCUT2D eigenvalue weighted by molar-refractivity contribution is 5.74. The number of amides is 1. The Labute approximate surface area is 147 Å². The summed E-state index contributed by atoms with van der Waals surface area (Å²) >= 11 is 0. The maximum absolute atomic E-state index is 12.6. The highest BCUT2D eigenvalue weighted by Gasteiger charge is 2.47. The summed E-state index contributed by atoms with van der Waals surface area (Å²) in [6, 6.07) is 30.5. The smallest absolute Gasteiger partial charge is 0.411 e. The third-order valence-corrected chi connectivity index (χ3v) is 4.74. The van der Waals surface area contributed by atoms with Crippen molar-refractivity contribution in [3.63, 3.8) is 0 Å². The van der Waals surface area contributed by atoms with Gasteiger partial charge in [-0.2, -0.15) is 0 Å². The zero-order chi connectivity index (χ0) is 17.1.